The average molecular weight is 433 g/mol. The molecule has 0 bridgehead atoms. The van der Waals surface area contributed by atoms with Gasteiger partial charge in [0.15, 0.2) is 0 Å². The van der Waals surface area contributed by atoms with Crippen LogP contribution < -0.4 is 0 Å². The third-order valence-electron chi connectivity index (χ3n) is 7.91. The van der Waals surface area contributed by atoms with Crippen molar-refractivity contribution in [2.45, 2.75) is 83.9 Å². The van der Waals surface area contributed by atoms with Gasteiger partial charge in [0, 0.05) is 37.5 Å². The highest BCUT2D eigenvalue weighted by molar-refractivity contribution is 5.78. The molecule has 7 heteroatoms. The Labute approximate surface area is 179 Å². The van der Waals surface area contributed by atoms with E-state index >= 15 is 0 Å². The number of piperidine rings is 1. The molecule has 3 aliphatic rings. The van der Waals surface area contributed by atoms with E-state index in [0.717, 1.165) is 45.2 Å². The summed E-state index contributed by atoms with van der Waals surface area (Å²) in [6, 6.07) is 0. The summed E-state index contributed by atoms with van der Waals surface area (Å²) >= 11 is 0. The minimum Gasteiger partial charge on any atom is -0.388 e. The number of alkyl halides is 3. The first-order chi connectivity index (χ1) is 13.9. The van der Waals surface area contributed by atoms with Crippen molar-refractivity contribution in [3.63, 3.8) is 0 Å². The summed E-state index contributed by atoms with van der Waals surface area (Å²) in [5.74, 6) is -0.203. The van der Waals surface area contributed by atoms with E-state index in [0.29, 0.717) is 37.9 Å². The molecule has 0 aromatic carbocycles. The smallest absolute Gasteiger partial charge is 0.388 e. The molecule has 2 aliphatic heterocycles. The van der Waals surface area contributed by atoms with Gasteiger partial charge < -0.3 is 14.9 Å². The van der Waals surface area contributed by atoms with Gasteiger partial charge in [0.1, 0.15) is 0 Å². The number of nitrogens with zero attached hydrogens (tertiary/aromatic N) is 2. The number of aliphatic hydroxyl groups is 1. The van der Waals surface area contributed by atoms with Crippen molar-refractivity contribution in [2.24, 2.45) is 23.2 Å². The fourth-order valence-corrected chi connectivity index (χ4v) is 6.36. The first-order valence-electron chi connectivity index (χ1n) is 11.7. The fraction of sp³-hybridized carbons (Fsp3) is 0.957. The van der Waals surface area contributed by atoms with Crippen LogP contribution in [0.3, 0.4) is 0 Å². The van der Waals surface area contributed by atoms with Crippen molar-refractivity contribution in [1.82, 2.24) is 9.80 Å². The second-order valence-electron chi connectivity index (χ2n) is 10.7. The third-order valence-corrected chi connectivity index (χ3v) is 7.91. The maximum atomic E-state index is 12.8. The SMILES string of the molecule is CC1CCN(CC2(O)CCN(C(=O)[C@H](C)CC(F)(F)F)CC23CCCC3)CC(C)C1. The van der Waals surface area contributed by atoms with Crippen LogP contribution >= 0.6 is 0 Å². The molecule has 4 atom stereocenters. The van der Waals surface area contributed by atoms with E-state index in [9.17, 15) is 23.1 Å². The molecule has 0 radical (unpaired) electrons. The molecule has 3 rings (SSSR count). The molecule has 1 amide bonds. The first-order valence-corrected chi connectivity index (χ1v) is 11.7. The summed E-state index contributed by atoms with van der Waals surface area (Å²) in [5.41, 5.74) is -1.26. The highest BCUT2D eigenvalue weighted by Crippen LogP contribution is 2.51. The van der Waals surface area contributed by atoms with Crippen molar-refractivity contribution in [1.29, 1.82) is 0 Å². The van der Waals surface area contributed by atoms with Crippen LogP contribution in [0.2, 0.25) is 0 Å². The topological polar surface area (TPSA) is 43.8 Å². The summed E-state index contributed by atoms with van der Waals surface area (Å²) in [7, 11) is 0. The predicted octanol–water partition coefficient (Wildman–Crippen LogP) is 4.47. The Balaban J connectivity index is 1.72. The van der Waals surface area contributed by atoms with Crippen molar-refractivity contribution in [3.05, 3.63) is 0 Å². The van der Waals surface area contributed by atoms with Crippen LogP contribution in [0.15, 0.2) is 0 Å². The molecule has 174 valence electrons. The molecule has 4 nitrogen and oxygen atoms in total. The molecular weight excluding hydrogens is 393 g/mol. The van der Waals surface area contributed by atoms with Gasteiger partial charge in [-0.1, -0.05) is 33.6 Å². The largest absolute Gasteiger partial charge is 0.389 e. The predicted molar refractivity (Wildman–Crippen MR) is 111 cm³/mol. The molecule has 2 saturated heterocycles. The molecule has 0 aromatic heterocycles. The average Bonchev–Trinajstić information content (AvgIpc) is 3.04. The maximum absolute atomic E-state index is 12.8. The van der Waals surface area contributed by atoms with E-state index in [1.807, 2.05) is 0 Å². The fourth-order valence-electron chi connectivity index (χ4n) is 6.36. The van der Waals surface area contributed by atoms with Crippen LogP contribution in [0.4, 0.5) is 13.2 Å². The van der Waals surface area contributed by atoms with Gasteiger partial charge in [0.05, 0.1) is 12.0 Å². The number of carbonyl (C=O) groups excluding carboxylic acids is 1. The summed E-state index contributed by atoms with van der Waals surface area (Å²) in [4.78, 5) is 16.8. The number of amides is 1. The zero-order valence-corrected chi connectivity index (χ0v) is 18.8. The van der Waals surface area contributed by atoms with Gasteiger partial charge in [-0.15, -0.1) is 0 Å². The van der Waals surface area contributed by atoms with Gasteiger partial charge in [0.25, 0.3) is 0 Å². The van der Waals surface area contributed by atoms with Crippen LogP contribution in [0.1, 0.15) is 72.1 Å². The molecule has 1 aliphatic carbocycles. The quantitative estimate of drug-likeness (QED) is 0.713. The van der Waals surface area contributed by atoms with Crippen LogP contribution in [-0.2, 0) is 4.79 Å². The molecular formula is C23H39F3N2O2. The van der Waals surface area contributed by atoms with Crippen LogP contribution in [0.5, 0.6) is 0 Å². The van der Waals surface area contributed by atoms with E-state index in [1.54, 1.807) is 4.90 Å². The van der Waals surface area contributed by atoms with Crippen molar-refractivity contribution in [2.75, 3.05) is 32.7 Å². The number of β-amino-alcohol motifs (C(OH)–C–C–N with tert-alkyl or cyclic N) is 1. The molecule has 30 heavy (non-hydrogen) atoms. The lowest BCUT2D eigenvalue weighted by Gasteiger charge is -2.54. The number of hydrogen-bond donors (Lipinski definition) is 1. The second-order valence-corrected chi connectivity index (χ2v) is 10.7. The zero-order valence-electron chi connectivity index (χ0n) is 18.8. The van der Waals surface area contributed by atoms with E-state index < -0.39 is 30.0 Å². The monoisotopic (exact) mass is 432 g/mol. The lowest BCUT2D eigenvalue weighted by molar-refractivity contribution is -0.173. The first kappa shape index (κ1) is 23.8. The highest BCUT2D eigenvalue weighted by atomic mass is 19.4. The lowest BCUT2D eigenvalue weighted by Crippen LogP contribution is -2.64. The summed E-state index contributed by atoms with van der Waals surface area (Å²) in [5, 5.41) is 11.9. The van der Waals surface area contributed by atoms with Crippen LogP contribution in [0, 0.1) is 23.2 Å². The van der Waals surface area contributed by atoms with E-state index in [1.165, 1.54) is 13.3 Å². The molecule has 1 N–H and O–H groups in total. The van der Waals surface area contributed by atoms with Crippen molar-refractivity contribution in [3.8, 4) is 0 Å². The van der Waals surface area contributed by atoms with E-state index in [4.69, 9.17) is 0 Å². The summed E-state index contributed by atoms with van der Waals surface area (Å²) < 4.78 is 38.4. The molecule has 1 saturated carbocycles. The summed E-state index contributed by atoms with van der Waals surface area (Å²) in [6.07, 6.45) is 1.10. The molecule has 1 spiro atoms. The van der Waals surface area contributed by atoms with Crippen LogP contribution in [0.25, 0.3) is 0 Å². The normalized spacial score (nSPS) is 34.2. The van der Waals surface area contributed by atoms with Crippen molar-refractivity contribution >= 4 is 5.91 Å². The second kappa shape index (κ2) is 8.97. The van der Waals surface area contributed by atoms with Gasteiger partial charge in [0.2, 0.25) is 5.91 Å². The Morgan fingerprint density at radius 3 is 2.43 bits per heavy atom. The highest BCUT2D eigenvalue weighted by Gasteiger charge is 2.56. The lowest BCUT2D eigenvalue weighted by atomic mass is 9.65. The van der Waals surface area contributed by atoms with Gasteiger partial charge in [-0.25, -0.2) is 0 Å². The Kier molecular flexibility index (Phi) is 7.13. The maximum Gasteiger partial charge on any atom is 0.389 e. The summed E-state index contributed by atoms with van der Waals surface area (Å²) in [6.45, 7) is 9.25. The van der Waals surface area contributed by atoms with E-state index in [2.05, 4.69) is 18.7 Å². The number of rotatable bonds is 4. The Morgan fingerprint density at radius 2 is 1.80 bits per heavy atom. The number of likely N-dealkylation sites (tertiary alicyclic amines) is 2. The van der Waals surface area contributed by atoms with Gasteiger partial charge in [-0.2, -0.15) is 13.2 Å². The minimum atomic E-state index is -4.34. The van der Waals surface area contributed by atoms with E-state index in [-0.39, 0.29) is 5.41 Å². The number of hydrogen-bond acceptors (Lipinski definition) is 3. The Morgan fingerprint density at radius 1 is 1.13 bits per heavy atom. The Hall–Kier alpha value is -0.820. The third kappa shape index (κ3) is 5.32. The molecule has 2 heterocycles. The van der Waals surface area contributed by atoms with Crippen molar-refractivity contribution < 1.29 is 23.1 Å². The minimum absolute atomic E-state index is 0.346. The molecule has 3 fully saturated rings. The van der Waals surface area contributed by atoms with Gasteiger partial charge in [-0.05, 0) is 50.5 Å². The Bertz CT molecular complexity index is 606. The molecule has 0 aromatic rings. The standard InChI is InChI=1S/C23H39F3N2O2/c1-17-6-10-27(14-18(2)12-17)16-22(30)9-11-28(15-21(22)7-4-5-8-21)20(29)19(3)13-23(24,25)26/h17-19,30H,4-16H2,1-3H3/t17?,18?,19-,22?/m1/s1. The number of halogens is 3. The number of carbonyl (C=O) groups is 1. The van der Waals surface area contributed by atoms with Crippen LogP contribution in [-0.4, -0.2) is 65.3 Å². The van der Waals surface area contributed by atoms with Gasteiger partial charge in [-0.3, -0.25) is 4.79 Å². The molecule has 3 unspecified atom stereocenters. The zero-order chi connectivity index (χ0) is 22.2. The van der Waals surface area contributed by atoms with Gasteiger partial charge >= 0.3 is 6.18 Å².